The van der Waals surface area contributed by atoms with E-state index in [2.05, 4.69) is 31.3 Å². The fourth-order valence-electron chi connectivity index (χ4n) is 2.41. The standard InChI is InChI=1S/C20H26ClNO2/c1-14(2)16-7-9-20(10-8-16)24-13-19(23)12-22-15(3)17-5-4-6-18(21)11-17/h4-11,14-15,19,22-23H,12-13H2,1-3H3. The molecule has 0 fully saturated rings. The molecule has 130 valence electrons. The van der Waals surface area contributed by atoms with Gasteiger partial charge in [-0.25, -0.2) is 0 Å². The van der Waals surface area contributed by atoms with Crippen molar-refractivity contribution in [3.8, 4) is 5.75 Å². The Morgan fingerprint density at radius 1 is 1.04 bits per heavy atom. The number of halogens is 1. The molecule has 0 amide bonds. The quantitative estimate of drug-likeness (QED) is 0.735. The van der Waals surface area contributed by atoms with Gasteiger partial charge in [0.15, 0.2) is 0 Å². The molecule has 0 heterocycles. The third-order valence-electron chi connectivity index (χ3n) is 4.00. The lowest BCUT2D eigenvalue weighted by Gasteiger charge is -2.18. The maximum Gasteiger partial charge on any atom is 0.119 e. The molecule has 2 aromatic carbocycles. The van der Waals surface area contributed by atoms with Crippen molar-refractivity contribution < 1.29 is 9.84 Å². The summed E-state index contributed by atoms with van der Waals surface area (Å²) < 4.78 is 5.65. The Balaban J connectivity index is 1.75. The summed E-state index contributed by atoms with van der Waals surface area (Å²) in [5.41, 5.74) is 2.37. The molecular formula is C20H26ClNO2. The molecule has 0 bridgehead atoms. The van der Waals surface area contributed by atoms with Crippen LogP contribution in [0.1, 0.15) is 43.9 Å². The Morgan fingerprint density at radius 2 is 1.75 bits per heavy atom. The van der Waals surface area contributed by atoms with Gasteiger partial charge in [-0.15, -0.1) is 0 Å². The van der Waals surface area contributed by atoms with E-state index in [9.17, 15) is 5.11 Å². The molecule has 0 aliphatic heterocycles. The zero-order chi connectivity index (χ0) is 17.5. The van der Waals surface area contributed by atoms with Crippen LogP contribution in [0.5, 0.6) is 5.75 Å². The molecule has 4 heteroatoms. The second-order valence-corrected chi connectivity index (χ2v) is 6.81. The topological polar surface area (TPSA) is 41.5 Å². The first-order valence-corrected chi connectivity index (χ1v) is 8.73. The van der Waals surface area contributed by atoms with Gasteiger partial charge >= 0.3 is 0 Å². The number of aliphatic hydroxyl groups is 1. The fraction of sp³-hybridized carbons (Fsp3) is 0.400. The summed E-state index contributed by atoms with van der Waals surface area (Å²) in [5.74, 6) is 1.28. The monoisotopic (exact) mass is 347 g/mol. The molecule has 2 N–H and O–H groups in total. The van der Waals surface area contributed by atoms with Gasteiger partial charge < -0.3 is 15.2 Å². The molecule has 0 saturated heterocycles. The minimum atomic E-state index is -0.573. The van der Waals surface area contributed by atoms with E-state index in [1.807, 2.05) is 43.3 Å². The molecule has 0 saturated carbocycles. The molecular weight excluding hydrogens is 322 g/mol. The zero-order valence-corrected chi connectivity index (χ0v) is 15.3. The van der Waals surface area contributed by atoms with Crippen molar-refractivity contribution in [1.82, 2.24) is 5.32 Å². The summed E-state index contributed by atoms with van der Waals surface area (Å²) in [4.78, 5) is 0. The van der Waals surface area contributed by atoms with Crippen LogP contribution in [0.3, 0.4) is 0 Å². The third kappa shape index (κ3) is 5.82. The van der Waals surface area contributed by atoms with Crippen LogP contribution in [0.15, 0.2) is 48.5 Å². The predicted molar refractivity (Wildman–Crippen MR) is 99.9 cm³/mol. The number of rotatable bonds is 8. The first-order valence-electron chi connectivity index (χ1n) is 8.35. The number of benzene rings is 2. The molecule has 0 radical (unpaired) electrons. The second kappa shape index (κ2) is 9.07. The van der Waals surface area contributed by atoms with E-state index in [1.165, 1.54) is 5.56 Å². The van der Waals surface area contributed by atoms with Gasteiger partial charge in [-0.2, -0.15) is 0 Å². The van der Waals surface area contributed by atoms with Crippen molar-refractivity contribution in [2.24, 2.45) is 0 Å². The predicted octanol–water partition coefficient (Wildman–Crippen LogP) is 4.55. The van der Waals surface area contributed by atoms with Crippen molar-refractivity contribution in [1.29, 1.82) is 0 Å². The van der Waals surface area contributed by atoms with Gasteiger partial charge in [-0.05, 0) is 48.2 Å². The lowest BCUT2D eigenvalue weighted by atomic mass is 10.0. The Kier molecular flexibility index (Phi) is 7.10. The lowest BCUT2D eigenvalue weighted by Crippen LogP contribution is -2.33. The maximum absolute atomic E-state index is 10.1. The molecule has 2 unspecified atom stereocenters. The summed E-state index contributed by atoms with van der Waals surface area (Å²) in [6, 6.07) is 15.9. The van der Waals surface area contributed by atoms with E-state index in [0.29, 0.717) is 12.5 Å². The van der Waals surface area contributed by atoms with Crippen molar-refractivity contribution in [2.45, 2.75) is 38.8 Å². The Morgan fingerprint density at radius 3 is 2.38 bits per heavy atom. The van der Waals surface area contributed by atoms with Crippen LogP contribution in [-0.2, 0) is 0 Å². The Labute approximate surface area is 149 Å². The van der Waals surface area contributed by atoms with Crippen LogP contribution < -0.4 is 10.1 Å². The van der Waals surface area contributed by atoms with Crippen LogP contribution in [0, 0.1) is 0 Å². The first-order chi connectivity index (χ1) is 11.5. The first kappa shape index (κ1) is 18.8. The molecule has 0 aromatic heterocycles. The minimum absolute atomic E-state index is 0.115. The van der Waals surface area contributed by atoms with Crippen molar-refractivity contribution in [3.05, 3.63) is 64.7 Å². The van der Waals surface area contributed by atoms with Gasteiger partial charge in [0.05, 0.1) is 0 Å². The normalized spacial score (nSPS) is 13.8. The van der Waals surface area contributed by atoms with Gasteiger partial charge in [0.1, 0.15) is 18.5 Å². The van der Waals surface area contributed by atoms with E-state index in [4.69, 9.17) is 16.3 Å². The highest BCUT2D eigenvalue weighted by Crippen LogP contribution is 2.19. The molecule has 0 spiro atoms. The van der Waals surface area contributed by atoms with Gasteiger partial charge in [-0.1, -0.05) is 49.7 Å². The minimum Gasteiger partial charge on any atom is -0.491 e. The van der Waals surface area contributed by atoms with Crippen LogP contribution in [0.25, 0.3) is 0 Å². The largest absolute Gasteiger partial charge is 0.491 e. The fourth-order valence-corrected chi connectivity index (χ4v) is 2.61. The lowest BCUT2D eigenvalue weighted by molar-refractivity contribution is 0.104. The van der Waals surface area contributed by atoms with E-state index >= 15 is 0 Å². The van der Waals surface area contributed by atoms with Gasteiger partial charge in [0.25, 0.3) is 0 Å². The zero-order valence-electron chi connectivity index (χ0n) is 14.5. The van der Waals surface area contributed by atoms with E-state index in [1.54, 1.807) is 0 Å². The van der Waals surface area contributed by atoms with Gasteiger partial charge in [-0.3, -0.25) is 0 Å². The molecule has 0 aliphatic carbocycles. The number of nitrogens with one attached hydrogen (secondary N) is 1. The molecule has 2 aromatic rings. The summed E-state index contributed by atoms with van der Waals surface area (Å²) in [5, 5.41) is 14.1. The maximum atomic E-state index is 10.1. The number of ether oxygens (including phenoxy) is 1. The summed E-state index contributed by atoms with van der Waals surface area (Å²) in [6.07, 6.45) is -0.573. The van der Waals surface area contributed by atoms with Crippen LogP contribution in [0.2, 0.25) is 5.02 Å². The van der Waals surface area contributed by atoms with Crippen molar-refractivity contribution in [2.75, 3.05) is 13.2 Å². The van der Waals surface area contributed by atoms with Gasteiger partial charge in [0, 0.05) is 17.6 Å². The van der Waals surface area contributed by atoms with E-state index in [0.717, 1.165) is 16.3 Å². The Bertz CT molecular complexity index is 628. The summed E-state index contributed by atoms with van der Waals surface area (Å²) in [6.45, 7) is 7.08. The smallest absolute Gasteiger partial charge is 0.119 e. The molecule has 2 rings (SSSR count). The number of hydrogen-bond acceptors (Lipinski definition) is 3. The van der Waals surface area contributed by atoms with Gasteiger partial charge in [0.2, 0.25) is 0 Å². The molecule has 0 aliphatic rings. The molecule has 24 heavy (non-hydrogen) atoms. The van der Waals surface area contributed by atoms with Crippen molar-refractivity contribution in [3.63, 3.8) is 0 Å². The number of aliphatic hydroxyl groups excluding tert-OH is 1. The van der Waals surface area contributed by atoms with E-state index < -0.39 is 6.10 Å². The van der Waals surface area contributed by atoms with E-state index in [-0.39, 0.29) is 12.6 Å². The average Bonchev–Trinajstić information content (AvgIpc) is 2.58. The van der Waals surface area contributed by atoms with Crippen LogP contribution in [-0.4, -0.2) is 24.4 Å². The SMILES string of the molecule is CC(C)c1ccc(OCC(O)CNC(C)c2cccc(Cl)c2)cc1. The second-order valence-electron chi connectivity index (χ2n) is 6.37. The third-order valence-corrected chi connectivity index (χ3v) is 4.23. The molecule has 2 atom stereocenters. The summed E-state index contributed by atoms with van der Waals surface area (Å²) >= 11 is 6.00. The van der Waals surface area contributed by atoms with Crippen LogP contribution in [0.4, 0.5) is 0 Å². The molecule has 3 nitrogen and oxygen atoms in total. The van der Waals surface area contributed by atoms with Crippen molar-refractivity contribution >= 4 is 11.6 Å². The Hall–Kier alpha value is -1.55. The highest BCUT2D eigenvalue weighted by molar-refractivity contribution is 6.30. The number of hydrogen-bond donors (Lipinski definition) is 2. The highest BCUT2D eigenvalue weighted by Gasteiger charge is 2.10. The van der Waals surface area contributed by atoms with Crippen LogP contribution >= 0.6 is 11.6 Å². The summed E-state index contributed by atoms with van der Waals surface area (Å²) in [7, 11) is 0. The highest BCUT2D eigenvalue weighted by atomic mass is 35.5. The average molecular weight is 348 g/mol.